The van der Waals surface area contributed by atoms with Crippen molar-refractivity contribution in [2.75, 3.05) is 0 Å². The molecule has 0 bridgehead atoms. The summed E-state index contributed by atoms with van der Waals surface area (Å²) in [7, 11) is 0. The summed E-state index contributed by atoms with van der Waals surface area (Å²) in [5, 5.41) is 0. The van der Waals surface area contributed by atoms with E-state index >= 15 is 0 Å². The lowest BCUT2D eigenvalue weighted by Crippen LogP contribution is -2.16. The molecule has 1 fully saturated rings. The largest absolute Gasteiger partial charge is 0.315 e. The van der Waals surface area contributed by atoms with Crippen LogP contribution in [0.1, 0.15) is 25.3 Å². The van der Waals surface area contributed by atoms with Crippen molar-refractivity contribution in [3.8, 4) is 0 Å². The van der Waals surface area contributed by atoms with Gasteiger partial charge in [-0.2, -0.15) is 0 Å². The van der Waals surface area contributed by atoms with Crippen molar-refractivity contribution in [2.45, 2.75) is 25.3 Å². The van der Waals surface area contributed by atoms with Crippen LogP contribution in [-0.4, -0.2) is 9.55 Å². The second kappa shape index (κ2) is 3.30. The minimum absolute atomic E-state index is 0.244. The van der Waals surface area contributed by atoms with E-state index in [1.165, 1.54) is 25.3 Å². The third kappa shape index (κ3) is 1.31. The SMILES string of the molecule is Fc1cccc2c1nc(Br)n2C1CCC1. The summed E-state index contributed by atoms with van der Waals surface area (Å²) in [4.78, 5) is 4.22. The third-order valence-electron chi connectivity index (χ3n) is 3.07. The highest BCUT2D eigenvalue weighted by molar-refractivity contribution is 9.10. The summed E-state index contributed by atoms with van der Waals surface area (Å²) in [5.41, 5.74) is 1.36. The van der Waals surface area contributed by atoms with E-state index in [4.69, 9.17) is 0 Å². The maximum absolute atomic E-state index is 13.5. The average molecular weight is 269 g/mol. The van der Waals surface area contributed by atoms with Crippen molar-refractivity contribution < 1.29 is 4.39 Å². The molecule has 1 aliphatic rings. The number of benzene rings is 1. The zero-order valence-electron chi connectivity index (χ0n) is 8.08. The number of hydrogen-bond acceptors (Lipinski definition) is 1. The van der Waals surface area contributed by atoms with Gasteiger partial charge in [0.15, 0.2) is 10.6 Å². The Labute approximate surface area is 95.2 Å². The zero-order valence-corrected chi connectivity index (χ0v) is 9.67. The van der Waals surface area contributed by atoms with Crippen molar-refractivity contribution in [3.05, 3.63) is 28.7 Å². The van der Waals surface area contributed by atoms with Crippen LogP contribution in [0, 0.1) is 5.82 Å². The molecular formula is C11H10BrFN2. The average Bonchev–Trinajstić information content (AvgIpc) is 2.44. The molecule has 0 amide bonds. The maximum Gasteiger partial charge on any atom is 0.178 e. The summed E-state index contributed by atoms with van der Waals surface area (Å²) in [6.45, 7) is 0. The van der Waals surface area contributed by atoms with E-state index in [9.17, 15) is 4.39 Å². The fourth-order valence-corrected chi connectivity index (χ4v) is 2.70. The van der Waals surface area contributed by atoms with Crippen molar-refractivity contribution in [1.29, 1.82) is 0 Å². The number of para-hydroxylation sites is 1. The molecule has 1 heterocycles. The Morgan fingerprint density at radius 2 is 2.20 bits per heavy atom. The lowest BCUT2D eigenvalue weighted by Gasteiger charge is -2.28. The molecule has 0 saturated heterocycles. The first kappa shape index (κ1) is 9.33. The highest BCUT2D eigenvalue weighted by atomic mass is 79.9. The van der Waals surface area contributed by atoms with Crippen LogP contribution in [0.25, 0.3) is 11.0 Å². The zero-order chi connectivity index (χ0) is 10.4. The van der Waals surface area contributed by atoms with E-state index in [-0.39, 0.29) is 5.82 Å². The fourth-order valence-electron chi connectivity index (χ4n) is 2.05. The number of fused-ring (bicyclic) bond motifs is 1. The van der Waals surface area contributed by atoms with Gasteiger partial charge in [0.05, 0.1) is 5.52 Å². The first-order valence-corrected chi connectivity index (χ1v) is 5.88. The number of nitrogens with zero attached hydrogens (tertiary/aromatic N) is 2. The Kier molecular flexibility index (Phi) is 2.06. The number of imidazole rings is 1. The van der Waals surface area contributed by atoms with Gasteiger partial charge < -0.3 is 4.57 Å². The second-order valence-electron chi connectivity index (χ2n) is 3.94. The van der Waals surface area contributed by atoms with E-state index < -0.39 is 0 Å². The molecule has 1 aliphatic carbocycles. The molecule has 1 aromatic carbocycles. The summed E-state index contributed by atoms with van der Waals surface area (Å²) in [6.07, 6.45) is 3.59. The molecule has 0 N–H and O–H groups in total. The van der Waals surface area contributed by atoms with Gasteiger partial charge in [-0.15, -0.1) is 0 Å². The molecule has 0 aliphatic heterocycles. The van der Waals surface area contributed by atoms with Crippen molar-refractivity contribution >= 4 is 27.0 Å². The molecule has 0 atom stereocenters. The Morgan fingerprint density at radius 1 is 1.40 bits per heavy atom. The highest BCUT2D eigenvalue weighted by Gasteiger charge is 2.24. The number of halogens is 2. The normalized spacial score (nSPS) is 16.9. The van der Waals surface area contributed by atoms with E-state index in [2.05, 4.69) is 25.5 Å². The summed E-state index contributed by atoms with van der Waals surface area (Å²) in [6, 6.07) is 5.61. The lowest BCUT2D eigenvalue weighted by molar-refractivity contribution is 0.316. The fraction of sp³-hybridized carbons (Fsp3) is 0.364. The minimum atomic E-state index is -0.244. The van der Waals surface area contributed by atoms with E-state index in [1.807, 2.05) is 6.07 Å². The Balaban J connectivity index is 2.27. The molecule has 2 aromatic rings. The van der Waals surface area contributed by atoms with Gasteiger partial charge in [-0.25, -0.2) is 9.37 Å². The quantitative estimate of drug-likeness (QED) is 0.772. The smallest absolute Gasteiger partial charge is 0.178 e. The molecule has 0 radical (unpaired) electrons. The number of aromatic nitrogens is 2. The maximum atomic E-state index is 13.5. The molecule has 2 nitrogen and oxygen atoms in total. The van der Waals surface area contributed by atoms with Crippen molar-refractivity contribution in [1.82, 2.24) is 9.55 Å². The van der Waals surface area contributed by atoms with E-state index in [0.717, 1.165) is 10.3 Å². The van der Waals surface area contributed by atoms with Gasteiger partial charge in [-0.3, -0.25) is 0 Å². The summed E-state index contributed by atoms with van der Waals surface area (Å²) in [5.74, 6) is -0.244. The molecule has 78 valence electrons. The Hall–Kier alpha value is -0.900. The minimum Gasteiger partial charge on any atom is -0.315 e. The monoisotopic (exact) mass is 268 g/mol. The molecule has 3 rings (SSSR count). The van der Waals surface area contributed by atoms with Crippen molar-refractivity contribution in [2.24, 2.45) is 0 Å². The molecule has 1 saturated carbocycles. The van der Waals surface area contributed by atoms with Gasteiger partial charge in [-0.1, -0.05) is 6.07 Å². The van der Waals surface area contributed by atoms with E-state index in [0.29, 0.717) is 11.6 Å². The predicted octanol–water partition coefficient (Wildman–Crippen LogP) is 3.66. The molecule has 15 heavy (non-hydrogen) atoms. The third-order valence-corrected chi connectivity index (χ3v) is 3.63. The second-order valence-corrected chi connectivity index (χ2v) is 4.65. The van der Waals surface area contributed by atoms with Gasteiger partial charge in [-0.05, 0) is 47.3 Å². The standard InChI is InChI=1S/C11H10BrFN2/c12-11-14-10-8(13)5-2-6-9(10)15(11)7-3-1-4-7/h2,5-7H,1,3-4H2. The van der Waals surface area contributed by atoms with Crippen LogP contribution in [0.2, 0.25) is 0 Å². The lowest BCUT2D eigenvalue weighted by atomic mass is 9.93. The first-order chi connectivity index (χ1) is 7.27. The molecular weight excluding hydrogens is 259 g/mol. The van der Waals surface area contributed by atoms with Gasteiger partial charge >= 0.3 is 0 Å². The van der Waals surface area contributed by atoms with Crippen LogP contribution in [0.5, 0.6) is 0 Å². The van der Waals surface area contributed by atoms with Crippen molar-refractivity contribution in [3.63, 3.8) is 0 Å². The summed E-state index contributed by atoms with van der Waals surface area (Å²) >= 11 is 3.40. The van der Waals surface area contributed by atoms with Crippen LogP contribution in [0.15, 0.2) is 22.9 Å². The topological polar surface area (TPSA) is 17.8 Å². The molecule has 1 aromatic heterocycles. The van der Waals surface area contributed by atoms with Crippen LogP contribution >= 0.6 is 15.9 Å². The van der Waals surface area contributed by atoms with Crippen LogP contribution in [-0.2, 0) is 0 Å². The van der Waals surface area contributed by atoms with Crippen LogP contribution < -0.4 is 0 Å². The summed E-state index contributed by atoms with van der Waals surface area (Å²) < 4.78 is 16.3. The Morgan fingerprint density at radius 3 is 2.87 bits per heavy atom. The molecule has 0 spiro atoms. The predicted molar refractivity (Wildman–Crippen MR) is 60.3 cm³/mol. The van der Waals surface area contributed by atoms with Crippen LogP contribution in [0.4, 0.5) is 4.39 Å². The highest BCUT2D eigenvalue weighted by Crippen LogP contribution is 2.37. The molecule has 0 unspecified atom stereocenters. The van der Waals surface area contributed by atoms with Gasteiger partial charge in [0.1, 0.15) is 5.52 Å². The molecule has 4 heteroatoms. The van der Waals surface area contributed by atoms with Gasteiger partial charge in [0.2, 0.25) is 0 Å². The van der Waals surface area contributed by atoms with Gasteiger partial charge in [0, 0.05) is 6.04 Å². The Bertz CT molecular complexity index is 517. The number of rotatable bonds is 1. The number of hydrogen-bond donors (Lipinski definition) is 0. The van der Waals surface area contributed by atoms with Gasteiger partial charge in [0.25, 0.3) is 0 Å². The first-order valence-electron chi connectivity index (χ1n) is 5.09. The van der Waals surface area contributed by atoms with Crippen LogP contribution in [0.3, 0.4) is 0 Å². The van der Waals surface area contributed by atoms with E-state index in [1.54, 1.807) is 6.07 Å².